The molecule has 25 heavy (non-hydrogen) atoms. The summed E-state index contributed by atoms with van der Waals surface area (Å²) in [4.78, 5) is 43.4. The van der Waals surface area contributed by atoms with Gasteiger partial charge in [-0.1, -0.05) is 0 Å². The molecule has 0 N–H and O–H groups in total. The van der Waals surface area contributed by atoms with Gasteiger partial charge in [-0.2, -0.15) is 0 Å². The van der Waals surface area contributed by atoms with E-state index in [9.17, 15) is 14.4 Å². The van der Waals surface area contributed by atoms with Gasteiger partial charge in [0.2, 0.25) is 0 Å². The van der Waals surface area contributed by atoms with Crippen LogP contribution in [0.5, 0.6) is 0 Å². The zero-order chi connectivity index (χ0) is 17.6. The van der Waals surface area contributed by atoms with E-state index in [0.717, 1.165) is 21.4 Å². The summed E-state index contributed by atoms with van der Waals surface area (Å²) in [5, 5.41) is 0.947. The Morgan fingerprint density at radius 2 is 2.12 bits per heavy atom. The number of pyridine rings is 1. The first-order chi connectivity index (χ1) is 12.0. The average Bonchev–Trinajstić information content (AvgIpc) is 3.21. The fourth-order valence-corrected chi connectivity index (χ4v) is 3.45. The number of cyclic esters (lactones) is 1. The van der Waals surface area contributed by atoms with Gasteiger partial charge in [0.05, 0.1) is 11.6 Å². The number of rotatable bonds is 2. The van der Waals surface area contributed by atoms with Gasteiger partial charge in [0, 0.05) is 30.2 Å². The molecule has 3 heterocycles. The van der Waals surface area contributed by atoms with Gasteiger partial charge in [0.25, 0.3) is 11.8 Å². The third-order valence-electron chi connectivity index (χ3n) is 4.81. The first-order valence-electron chi connectivity index (χ1n) is 8.18. The highest BCUT2D eigenvalue weighted by molar-refractivity contribution is 6.00. The van der Waals surface area contributed by atoms with Crippen LogP contribution in [0.2, 0.25) is 0 Å². The Morgan fingerprint density at radius 3 is 2.88 bits per heavy atom. The summed E-state index contributed by atoms with van der Waals surface area (Å²) in [6, 6.07) is 7.05. The number of imide groups is 1. The number of nitrogens with zero attached hydrogens (tertiary/aromatic N) is 3. The molecule has 0 saturated carbocycles. The molecule has 1 aromatic carbocycles. The molecule has 2 aromatic rings. The lowest BCUT2D eigenvalue weighted by atomic mass is 10.1. The highest BCUT2D eigenvalue weighted by Gasteiger charge is 2.41. The summed E-state index contributed by atoms with van der Waals surface area (Å²) in [5.74, 6) is -0.440. The number of hydrogen-bond donors (Lipinski definition) is 0. The van der Waals surface area contributed by atoms with Gasteiger partial charge in [-0.3, -0.25) is 14.6 Å². The molecule has 4 rings (SSSR count). The number of amides is 3. The third-order valence-corrected chi connectivity index (χ3v) is 4.81. The minimum Gasteiger partial charge on any atom is -0.439 e. The fraction of sp³-hybridized carbons (Fsp3) is 0.333. The smallest absolute Gasteiger partial charge is 0.417 e. The Kier molecular flexibility index (Phi) is 3.63. The number of hydrogen-bond acceptors (Lipinski definition) is 5. The van der Waals surface area contributed by atoms with Crippen LogP contribution in [0.15, 0.2) is 30.5 Å². The van der Waals surface area contributed by atoms with E-state index >= 15 is 0 Å². The van der Waals surface area contributed by atoms with Crippen LogP contribution in [0.1, 0.15) is 22.3 Å². The third kappa shape index (κ3) is 2.61. The largest absolute Gasteiger partial charge is 0.439 e. The van der Waals surface area contributed by atoms with Gasteiger partial charge in [-0.15, -0.1) is 0 Å². The molecule has 2 saturated heterocycles. The molecular formula is C18H17N3O4. The first kappa shape index (κ1) is 15.6. The van der Waals surface area contributed by atoms with Gasteiger partial charge in [0.1, 0.15) is 0 Å². The number of aromatic nitrogens is 1. The fourth-order valence-electron chi connectivity index (χ4n) is 3.45. The maximum Gasteiger partial charge on any atom is 0.417 e. The van der Waals surface area contributed by atoms with E-state index in [2.05, 4.69) is 4.98 Å². The van der Waals surface area contributed by atoms with Gasteiger partial charge >= 0.3 is 6.09 Å². The summed E-state index contributed by atoms with van der Waals surface area (Å²) in [6.45, 7) is 2.61. The molecule has 2 aliphatic heterocycles. The molecular weight excluding hydrogens is 322 g/mol. The lowest BCUT2D eigenvalue weighted by Gasteiger charge is -2.20. The first-order valence-corrected chi connectivity index (χ1v) is 8.18. The van der Waals surface area contributed by atoms with Crippen molar-refractivity contribution in [2.75, 3.05) is 19.7 Å². The normalized spacial score (nSPS) is 20.4. The second kappa shape index (κ2) is 5.84. The molecule has 1 unspecified atom stereocenters. The molecule has 7 nitrogen and oxygen atoms in total. The van der Waals surface area contributed by atoms with Crippen molar-refractivity contribution >= 4 is 28.8 Å². The molecule has 0 radical (unpaired) electrons. The quantitative estimate of drug-likeness (QED) is 0.832. The lowest BCUT2D eigenvalue weighted by molar-refractivity contribution is -0.127. The Morgan fingerprint density at radius 1 is 1.28 bits per heavy atom. The number of benzene rings is 1. The highest BCUT2D eigenvalue weighted by Crippen LogP contribution is 2.23. The summed E-state index contributed by atoms with van der Waals surface area (Å²) in [6.07, 6.45) is 1.70. The standard InChI is InChI=1S/C18H17N3O4/c1-11-4-6-19-15-3-2-12(8-14(11)15)17(23)20-7-5-13(9-20)21-16(22)10-25-18(21)24/h2-4,6,8,13H,5,7,9-10H2,1H3. The molecule has 7 heteroatoms. The monoisotopic (exact) mass is 339 g/mol. The van der Waals surface area contributed by atoms with Crippen LogP contribution in [0.3, 0.4) is 0 Å². The van der Waals surface area contributed by atoms with Crippen LogP contribution < -0.4 is 0 Å². The number of ether oxygens (including phenoxy) is 1. The lowest BCUT2D eigenvalue weighted by Crippen LogP contribution is -2.42. The van der Waals surface area contributed by atoms with Crippen LogP contribution in [0.4, 0.5) is 4.79 Å². The van der Waals surface area contributed by atoms with Crippen molar-refractivity contribution in [1.29, 1.82) is 0 Å². The predicted octanol–water partition coefficient (Wildman–Crippen LogP) is 1.74. The second-order valence-electron chi connectivity index (χ2n) is 6.37. The highest BCUT2D eigenvalue weighted by atomic mass is 16.6. The minimum atomic E-state index is -0.614. The summed E-state index contributed by atoms with van der Waals surface area (Å²) < 4.78 is 4.76. The Balaban J connectivity index is 1.55. The van der Waals surface area contributed by atoms with E-state index < -0.39 is 6.09 Å². The zero-order valence-corrected chi connectivity index (χ0v) is 13.8. The number of fused-ring (bicyclic) bond motifs is 1. The number of aryl methyl sites for hydroxylation is 1. The van der Waals surface area contributed by atoms with Crippen molar-refractivity contribution in [3.63, 3.8) is 0 Å². The number of carbonyl (C=O) groups excluding carboxylic acids is 3. The van der Waals surface area contributed by atoms with E-state index in [-0.39, 0.29) is 24.5 Å². The van der Waals surface area contributed by atoms with Crippen molar-refractivity contribution in [1.82, 2.24) is 14.8 Å². The van der Waals surface area contributed by atoms with E-state index in [1.165, 1.54) is 0 Å². The SMILES string of the molecule is Cc1ccnc2ccc(C(=O)N3CCC(N4C(=O)COC4=O)C3)cc12. The predicted molar refractivity (Wildman–Crippen MR) is 89.0 cm³/mol. The molecule has 1 aromatic heterocycles. The van der Waals surface area contributed by atoms with E-state index in [1.54, 1.807) is 17.2 Å². The summed E-state index contributed by atoms with van der Waals surface area (Å²) in [7, 11) is 0. The number of likely N-dealkylation sites (tertiary alicyclic amines) is 1. The van der Waals surface area contributed by atoms with Gasteiger partial charge in [-0.05, 0) is 43.2 Å². The molecule has 0 aliphatic carbocycles. The van der Waals surface area contributed by atoms with Crippen molar-refractivity contribution in [3.05, 3.63) is 41.6 Å². The molecule has 1 atom stereocenters. The molecule has 3 amide bonds. The van der Waals surface area contributed by atoms with E-state index in [1.807, 2.05) is 25.1 Å². The molecule has 128 valence electrons. The van der Waals surface area contributed by atoms with Crippen molar-refractivity contribution in [2.45, 2.75) is 19.4 Å². The summed E-state index contributed by atoms with van der Waals surface area (Å²) >= 11 is 0. The van der Waals surface area contributed by atoms with Crippen molar-refractivity contribution in [2.24, 2.45) is 0 Å². The van der Waals surface area contributed by atoms with Crippen LogP contribution in [-0.2, 0) is 9.53 Å². The summed E-state index contributed by atoms with van der Waals surface area (Å²) in [5.41, 5.74) is 2.49. The van der Waals surface area contributed by atoms with Gasteiger partial charge < -0.3 is 9.64 Å². The van der Waals surface area contributed by atoms with Crippen molar-refractivity contribution in [3.8, 4) is 0 Å². The van der Waals surface area contributed by atoms with Crippen LogP contribution in [-0.4, -0.2) is 58.4 Å². The molecule has 0 spiro atoms. The molecule has 2 fully saturated rings. The average molecular weight is 339 g/mol. The van der Waals surface area contributed by atoms with Gasteiger partial charge in [-0.25, -0.2) is 9.69 Å². The van der Waals surface area contributed by atoms with Gasteiger partial charge in [0.15, 0.2) is 6.61 Å². The molecule has 0 bridgehead atoms. The second-order valence-corrected chi connectivity index (χ2v) is 6.37. The topological polar surface area (TPSA) is 79.8 Å². The van der Waals surface area contributed by atoms with Crippen LogP contribution >= 0.6 is 0 Å². The van der Waals surface area contributed by atoms with Crippen molar-refractivity contribution < 1.29 is 19.1 Å². The maximum absolute atomic E-state index is 12.8. The van der Waals surface area contributed by atoms with E-state index in [0.29, 0.717) is 25.1 Å². The van der Waals surface area contributed by atoms with E-state index in [4.69, 9.17) is 4.74 Å². The van der Waals surface area contributed by atoms with Crippen LogP contribution in [0, 0.1) is 6.92 Å². The molecule has 2 aliphatic rings. The van der Waals surface area contributed by atoms with Crippen LogP contribution in [0.25, 0.3) is 10.9 Å². The Bertz CT molecular complexity index is 879. The minimum absolute atomic E-state index is 0.104. The maximum atomic E-state index is 12.8. The zero-order valence-electron chi connectivity index (χ0n) is 13.8. The Hall–Kier alpha value is -2.96. The Labute approximate surface area is 144 Å². The number of carbonyl (C=O) groups is 3.